The molecule has 142 valence electrons. The van der Waals surface area contributed by atoms with Crippen molar-refractivity contribution in [3.63, 3.8) is 0 Å². The largest absolute Gasteiger partial charge is 0.497 e. The van der Waals surface area contributed by atoms with E-state index in [1.165, 1.54) is 6.08 Å². The first-order valence-electron chi connectivity index (χ1n) is 8.51. The molecule has 0 spiro atoms. The summed E-state index contributed by atoms with van der Waals surface area (Å²) < 4.78 is 6.09. The highest BCUT2D eigenvalue weighted by molar-refractivity contribution is 9.10. The third kappa shape index (κ3) is 6.57. The third-order valence-corrected chi connectivity index (χ3v) is 4.51. The minimum absolute atomic E-state index is 0.149. The molecule has 1 atom stereocenters. The highest BCUT2D eigenvalue weighted by Crippen LogP contribution is 2.13. The van der Waals surface area contributed by atoms with Crippen LogP contribution in [-0.4, -0.2) is 36.9 Å². The van der Waals surface area contributed by atoms with Crippen LogP contribution in [0.5, 0.6) is 5.75 Å². The standard InChI is InChI=1S/C21H23BrN2O3/c1-15(21(26)24(2)14-17-4-9-18(22)10-5-17)23-20(25)13-8-16-6-11-19(27-3)12-7-16/h4-13,15H,14H2,1-3H3,(H,23,25)/b13-8+. The van der Waals surface area contributed by atoms with Crippen LogP contribution in [0.4, 0.5) is 0 Å². The minimum Gasteiger partial charge on any atom is -0.497 e. The third-order valence-electron chi connectivity index (χ3n) is 3.98. The van der Waals surface area contributed by atoms with E-state index in [0.29, 0.717) is 6.54 Å². The maximum atomic E-state index is 12.5. The Kier molecular flexibility index (Phi) is 7.61. The number of carbonyl (C=O) groups excluding carboxylic acids is 2. The molecule has 2 aromatic carbocycles. The molecule has 2 rings (SSSR count). The van der Waals surface area contributed by atoms with Crippen LogP contribution in [0.15, 0.2) is 59.1 Å². The van der Waals surface area contributed by atoms with Crippen LogP contribution in [0.2, 0.25) is 0 Å². The Hall–Kier alpha value is -2.60. The van der Waals surface area contributed by atoms with Crippen molar-refractivity contribution in [3.8, 4) is 5.75 Å². The van der Waals surface area contributed by atoms with Gasteiger partial charge in [0.25, 0.3) is 0 Å². The first-order valence-corrected chi connectivity index (χ1v) is 9.30. The summed E-state index contributed by atoms with van der Waals surface area (Å²) in [7, 11) is 3.32. The summed E-state index contributed by atoms with van der Waals surface area (Å²) in [5, 5.41) is 2.70. The first kappa shape index (κ1) is 20.7. The number of methoxy groups -OCH3 is 1. The van der Waals surface area contributed by atoms with Crippen molar-refractivity contribution in [2.45, 2.75) is 19.5 Å². The van der Waals surface area contributed by atoms with Crippen molar-refractivity contribution in [3.05, 3.63) is 70.2 Å². The highest BCUT2D eigenvalue weighted by Gasteiger charge is 2.18. The van der Waals surface area contributed by atoms with E-state index < -0.39 is 6.04 Å². The van der Waals surface area contributed by atoms with E-state index in [-0.39, 0.29) is 11.8 Å². The van der Waals surface area contributed by atoms with Crippen LogP contribution in [0.3, 0.4) is 0 Å². The van der Waals surface area contributed by atoms with Crippen LogP contribution >= 0.6 is 15.9 Å². The van der Waals surface area contributed by atoms with Gasteiger partial charge in [-0.15, -0.1) is 0 Å². The molecule has 1 N–H and O–H groups in total. The zero-order chi connectivity index (χ0) is 19.8. The number of benzene rings is 2. The zero-order valence-electron chi connectivity index (χ0n) is 15.6. The fourth-order valence-electron chi connectivity index (χ4n) is 2.48. The van der Waals surface area contributed by atoms with Gasteiger partial charge >= 0.3 is 0 Å². The zero-order valence-corrected chi connectivity index (χ0v) is 17.2. The monoisotopic (exact) mass is 430 g/mol. The minimum atomic E-state index is -0.613. The molecule has 5 nitrogen and oxygen atoms in total. The van der Waals surface area contributed by atoms with Crippen molar-refractivity contribution in [2.24, 2.45) is 0 Å². The van der Waals surface area contributed by atoms with Crippen LogP contribution < -0.4 is 10.1 Å². The summed E-state index contributed by atoms with van der Waals surface area (Å²) in [5.74, 6) is 0.289. The Bertz CT molecular complexity index is 801. The number of amides is 2. The maximum absolute atomic E-state index is 12.5. The molecule has 0 aliphatic rings. The lowest BCUT2D eigenvalue weighted by molar-refractivity contribution is -0.134. The molecule has 27 heavy (non-hydrogen) atoms. The van der Waals surface area contributed by atoms with Crippen LogP contribution in [0.1, 0.15) is 18.1 Å². The van der Waals surface area contributed by atoms with Gasteiger partial charge < -0.3 is 15.0 Å². The number of likely N-dealkylation sites (N-methyl/N-ethyl adjacent to an activating group) is 1. The van der Waals surface area contributed by atoms with E-state index in [4.69, 9.17) is 4.74 Å². The van der Waals surface area contributed by atoms with E-state index >= 15 is 0 Å². The number of hydrogen-bond donors (Lipinski definition) is 1. The normalized spacial score (nSPS) is 11.9. The van der Waals surface area contributed by atoms with Gasteiger partial charge in [0.1, 0.15) is 11.8 Å². The SMILES string of the molecule is COc1ccc(/C=C/C(=O)NC(C)C(=O)N(C)Cc2ccc(Br)cc2)cc1. The summed E-state index contributed by atoms with van der Waals surface area (Å²) in [4.78, 5) is 26.1. The quantitative estimate of drug-likeness (QED) is 0.682. The van der Waals surface area contributed by atoms with Crippen LogP contribution in [0, 0.1) is 0 Å². The molecule has 2 aromatic rings. The molecule has 0 fully saturated rings. The van der Waals surface area contributed by atoms with E-state index in [0.717, 1.165) is 21.3 Å². The van der Waals surface area contributed by atoms with Gasteiger partial charge in [-0.1, -0.05) is 40.2 Å². The van der Waals surface area contributed by atoms with E-state index in [1.54, 1.807) is 32.1 Å². The molecular formula is C21H23BrN2O3. The maximum Gasteiger partial charge on any atom is 0.244 e. The van der Waals surface area contributed by atoms with Crippen molar-refractivity contribution >= 4 is 33.8 Å². The molecule has 1 unspecified atom stereocenters. The summed E-state index contributed by atoms with van der Waals surface area (Å²) in [6.07, 6.45) is 3.11. The number of nitrogens with one attached hydrogen (secondary N) is 1. The van der Waals surface area contributed by atoms with E-state index in [9.17, 15) is 9.59 Å². The number of rotatable bonds is 7. The predicted molar refractivity (Wildman–Crippen MR) is 110 cm³/mol. The lowest BCUT2D eigenvalue weighted by Crippen LogP contribution is -2.44. The first-order chi connectivity index (χ1) is 12.9. The lowest BCUT2D eigenvalue weighted by Gasteiger charge is -2.22. The molecular weight excluding hydrogens is 408 g/mol. The van der Waals surface area contributed by atoms with Crippen molar-refractivity contribution in [1.82, 2.24) is 10.2 Å². The average molecular weight is 431 g/mol. The predicted octanol–water partition coefficient (Wildman–Crippen LogP) is 3.63. The van der Waals surface area contributed by atoms with Gasteiger partial charge in [0, 0.05) is 24.1 Å². The Morgan fingerprint density at radius 1 is 1.15 bits per heavy atom. The van der Waals surface area contributed by atoms with Gasteiger partial charge in [-0.3, -0.25) is 9.59 Å². The van der Waals surface area contributed by atoms with Crippen LogP contribution in [0.25, 0.3) is 6.08 Å². The summed E-state index contributed by atoms with van der Waals surface area (Å²) >= 11 is 3.39. The Labute approximate surface area is 168 Å². The average Bonchev–Trinajstić information content (AvgIpc) is 2.67. The number of carbonyl (C=O) groups is 2. The fourth-order valence-corrected chi connectivity index (χ4v) is 2.75. The fraction of sp³-hybridized carbons (Fsp3) is 0.238. The molecule has 0 radical (unpaired) electrons. The number of ether oxygens (including phenoxy) is 1. The molecule has 0 aromatic heterocycles. The van der Waals surface area contributed by atoms with Gasteiger partial charge in [0.15, 0.2) is 0 Å². The Morgan fingerprint density at radius 2 is 1.78 bits per heavy atom. The topological polar surface area (TPSA) is 58.6 Å². The van der Waals surface area contributed by atoms with Crippen LogP contribution in [-0.2, 0) is 16.1 Å². The molecule has 0 saturated heterocycles. The second kappa shape index (κ2) is 9.92. The van der Waals surface area contributed by atoms with Gasteiger partial charge in [0.2, 0.25) is 11.8 Å². The molecule has 6 heteroatoms. The van der Waals surface area contributed by atoms with E-state index in [2.05, 4.69) is 21.2 Å². The summed E-state index contributed by atoms with van der Waals surface area (Å²) in [6, 6.07) is 14.5. The second-order valence-electron chi connectivity index (χ2n) is 6.16. The van der Waals surface area contributed by atoms with Crippen molar-refractivity contribution in [2.75, 3.05) is 14.2 Å². The van der Waals surface area contributed by atoms with Gasteiger partial charge in [-0.2, -0.15) is 0 Å². The lowest BCUT2D eigenvalue weighted by atomic mass is 10.2. The van der Waals surface area contributed by atoms with Gasteiger partial charge in [-0.05, 0) is 48.4 Å². The molecule has 0 aliphatic carbocycles. The molecule has 0 aliphatic heterocycles. The molecule has 2 amide bonds. The van der Waals surface area contributed by atoms with Crippen molar-refractivity contribution in [1.29, 1.82) is 0 Å². The molecule has 0 bridgehead atoms. The summed E-state index contributed by atoms with van der Waals surface area (Å²) in [5.41, 5.74) is 1.89. The second-order valence-corrected chi connectivity index (χ2v) is 7.07. The molecule has 0 heterocycles. The van der Waals surface area contributed by atoms with E-state index in [1.807, 2.05) is 48.5 Å². The van der Waals surface area contributed by atoms with Gasteiger partial charge in [-0.25, -0.2) is 0 Å². The number of hydrogen-bond acceptors (Lipinski definition) is 3. The smallest absolute Gasteiger partial charge is 0.244 e. The Morgan fingerprint density at radius 3 is 2.37 bits per heavy atom. The van der Waals surface area contributed by atoms with Crippen molar-refractivity contribution < 1.29 is 14.3 Å². The number of halogens is 1. The highest BCUT2D eigenvalue weighted by atomic mass is 79.9. The summed E-state index contributed by atoms with van der Waals surface area (Å²) in [6.45, 7) is 2.16. The number of nitrogens with zero attached hydrogens (tertiary/aromatic N) is 1. The van der Waals surface area contributed by atoms with Gasteiger partial charge in [0.05, 0.1) is 7.11 Å². The molecule has 0 saturated carbocycles. The Balaban J connectivity index is 1.87.